The SMILES string of the molecule is C=C.Cc1c(NC(C)C(C)C)c2ccc(-c3ccc4c(c3)c3ncccc3c3nc(C(C)C)[nH]c43)cc2c2ncccc12. The van der Waals surface area contributed by atoms with Gasteiger partial charge in [0, 0.05) is 62.4 Å². The molecular weight excluding hydrogens is 526 g/mol. The number of pyridine rings is 2. The molecule has 0 spiro atoms. The number of aromatic amines is 1. The van der Waals surface area contributed by atoms with Gasteiger partial charge in [0.1, 0.15) is 5.82 Å². The summed E-state index contributed by atoms with van der Waals surface area (Å²) < 4.78 is 0. The van der Waals surface area contributed by atoms with Crippen LogP contribution in [-0.2, 0) is 0 Å². The fourth-order valence-corrected chi connectivity index (χ4v) is 5.98. The molecule has 3 heterocycles. The highest BCUT2D eigenvalue weighted by molar-refractivity contribution is 6.22. The van der Waals surface area contributed by atoms with E-state index in [1.54, 1.807) is 0 Å². The van der Waals surface area contributed by atoms with Crippen LogP contribution in [0.3, 0.4) is 0 Å². The van der Waals surface area contributed by atoms with Crippen LogP contribution in [0, 0.1) is 12.8 Å². The highest BCUT2D eigenvalue weighted by Gasteiger charge is 2.18. The first-order valence-corrected chi connectivity index (χ1v) is 15.1. The van der Waals surface area contributed by atoms with Crippen molar-refractivity contribution in [2.24, 2.45) is 5.92 Å². The summed E-state index contributed by atoms with van der Waals surface area (Å²) in [6.07, 6.45) is 3.77. The summed E-state index contributed by atoms with van der Waals surface area (Å²) >= 11 is 0. The van der Waals surface area contributed by atoms with Gasteiger partial charge >= 0.3 is 0 Å². The summed E-state index contributed by atoms with van der Waals surface area (Å²) in [7, 11) is 0. The van der Waals surface area contributed by atoms with Gasteiger partial charge in [-0.3, -0.25) is 9.97 Å². The molecule has 0 fully saturated rings. The van der Waals surface area contributed by atoms with E-state index in [1.165, 1.54) is 22.0 Å². The molecule has 0 radical (unpaired) electrons. The lowest BCUT2D eigenvalue weighted by atomic mass is 9.93. The Kier molecular flexibility index (Phi) is 7.35. The second-order valence-corrected chi connectivity index (χ2v) is 12.0. The van der Waals surface area contributed by atoms with E-state index in [9.17, 15) is 0 Å². The van der Waals surface area contributed by atoms with Crippen LogP contribution in [0.4, 0.5) is 5.69 Å². The van der Waals surface area contributed by atoms with Crippen LogP contribution in [0.25, 0.3) is 65.5 Å². The van der Waals surface area contributed by atoms with Gasteiger partial charge in [0.25, 0.3) is 0 Å². The van der Waals surface area contributed by atoms with Gasteiger partial charge in [0.2, 0.25) is 0 Å². The number of benzene rings is 4. The summed E-state index contributed by atoms with van der Waals surface area (Å²) in [6.45, 7) is 19.3. The van der Waals surface area contributed by atoms with E-state index in [4.69, 9.17) is 15.0 Å². The lowest BCUT2D eigenvalue weighted by Crippen LogP contribution is -2.22. The van der Waals surface area contributed by atoms with Crippen molar-refractivity contribution in [3.8, 4) is 11.1 Å². The first kappa shape index (κ1) is 28.4. The lowest BCUT2D eigenvalue weighted by molar-refractivity contribution is 0.560. The third-order valence-electron chi connectivity index (χ3n) is 8.71. The van der Waals surface area contributed by atoms with E-state index < -0.39 is 0 Å². The zero-order valence-corrected chi connectivity index (χ0v) is 25.9. The summed E-state index contributed by atoms with van der Waals surface area (Å²) in [5, 5.41) is 10.7. The number of aryl methyl sites for hydroxylation is 1. The van der Waals surface area contributed by atoms with Gasteiger partial charge in [0.05, 0.1) is 22.1 Å². The number of nitrogens with zero attached hydrogens (tertiary/aromatic N) is 3. The molecule has 4 aromatic carbocycles. The van der Waals surface area contributed by atoms with Crippen molar-refractivity contribution in [3.05, 3.63) is 97.6 Å². The number of fused-ring (bicyclic) bond motifs is 9. The summed E-state index contributed by atoms with van der Waals surface area (Å²) in [5.41, 5.74) is 8.85. The lowest BCUT2D eigenvalue weighted by Gasteiger charge is -2.23. The van der Waals surface area contributed by atoms with Gasteiger partial charge in [-0.15, -0.1) is 13.2 Å². The number of aromatic nitrogens is 4. The maximum Gasteiger partial charge on any atom is 0.109 e. The van der Waals surface area contributed by atoms with Crippen LogP contribution in [0.5, 0.6) is 0 Å². The Morgan fingerprint density at radius 3 is 1.88 bits per heavy atom. The van der Waals surface area contributed by atoms with Gasteiger partial charge in [-0.1, -0.05) is 58.0 Å². The molecule has 0 amide bonds. The zero-order valence-electron chi connectivity index (χ0n) is 25.9. The first-order valence-electron chi connectivity index (χ1n) is 15.1. The number of hydrogen-bond acceptors (Lipinski definition) is 4. The summed E-state index contributed by atoms with van der Waals surface area (Å²) in [4.78, 5) is 18.3. The largest absolute Gasteiger partial charge is 0.382 e. The second kappa shape index (κ2) is 11.1. The maximum absolute atomic E-state index is 4.97. The van der Waals surface area contributed by atoms with Crippen LogP contribution in [0.1, 0.15) is 51.9 Å². The highest BCUT2D eigenvalue weighted by atomic mass is 14.9. The minimum atomic E-state index is 0.316. The smallest absolute Gasteiger partial charge is 0.109 e. The van der Waals surface area contributed by atoms with Crippen LogP contribution in [0.15, 0.2) is 86.2 Å². The van der Waals surface area contributed by atoms with Crippen molar-refractivity contribution in [1.82, 2.24) is 19.9 Å². The Labute approximate surface area is 253 Å². The number of hydrogen-bond donors (Lipinski definition) is 2. The van der Waals surface area contributed by atoms with Gasteiger partial charge in [-0.25, -0.2) is 4.98 Å². The Hall–Kier alpha value is -4.77. The second-order valence-electron chi connectivity index (χ2n) is 12.0. The molecule has 7 rings (SSSR count). The van der Waals surface area contributed by atoms with Crippen molar-refractivity contribution < 1.29 is 0 Å². The molecule has 5 nitrogen and oxygen atoms in total. The molecular formula is C38H39N5. The number of imidazole rings is 1. The average molecular weight is 566 g/mol. The van der Waals surface area contributed by atoms with Crippen molar-refractivity contribution in [1.29, 1.82) is 0 Å². The number of H-pyrrole nitrogens is 1. The molecule has 0 bridgehead atoms. The normalized spacial score (nSPS) is 12.5. The summed E-state index contributed by atoms with van der Waals surface area (Å²) in [6, 6.07) is 22.2. The highest BCUT2D eigenvalue weighted by Crippen LogP contribution is 2.40. The number of nitrogens with one attached hydrogen (secondary N) is 2. The first-order chi connectivity index (χ1) is 20.8. The molecule has 2 N–H and O–H groups in total. The topological polar surface area (TPSA) is 66.5 Å². The molecule has 43 heavy (non-hydrogen) atoms. The van der Waals surface area contributed by atoms with E-state index in [2.05, 4.69) is 114 Å². The molecule has 3 aromatic heterocycles. The Morgan fingerprint density at radius 2 is 1.26 bits per heavy atom. The van der Waals surface area contributed by atoms with E-state index >= 15 is 0 Å². The fourth-order valence-electron chi connectivity index (χ4n) is 5.98. The van der Waals surface area contributed by atoms with Crippen LogP contribution in [0.2, 0.25) is 0 Å². The van der Waals surface area contributed by atoms with E-state index in [1.807, 2.05) is 24.5 Å². The molecule has 216 valence electrons. The fraction of sp³-hybridized carbons (Fsp3) is 0.237. The Balaban J connectivity index is 0.00000161. The third-order valence-corrected chi connectivity index (χ3v) is 8.71. The standard InChI is InChI=1S/C36H35N5.C2H4/c1-19(2)22(6)39-31-21(5)25-9-7-15-37-32(25)29-17-23(11-13-26(29)31)24-12-14-27-30(18-24)33-28(10-8-16-38-33)35-34(27)40-36(41-35)20(3)4;1-2/h7-20,22,39H,1-6H3,(H,40,41);1-2H2. The average Bonchev–Trinajstić information content (AvgIpc) is 3.50. The maximum atomic E-state index is 4.97. The molecule has 0 aliphatic heterocycles. The molecule has 7 aromatic rings. The minimum Gasteiger partial charge on any atom is -0.382 e. The predicted octanol–water partition coefficient (Wildman–Crippen LogP) is 10.3. The van der Waals surface area contributed by atoms with E-state index in [-0.39, 0.29) is 0 Å². The van der Waals surface area contributed by atoms with E-state index in [0.717, 1.165) is 60.6 Å². The van der Waals surface area contributed by atoms with E-state index in [0.29, 0.717) is 17.9 Å². The molecule has 0 saturated heterocycles. The molecule has 0 aliphatic carbocycles. The monoisotopic (exact) mass is 565 g/mol. The predicted molar refractivity (Wildman–Crippen MR) is 185 cm³/mol. The molecule has 1 atom stereocenters. The minimum absolute atomic E-state index is 0.316. The number of rotatable bonds is 5. The Bertz CT molecular complexity index is 2140. The van der Waals surface area contributed by atoms with Crippen molar-refractivity contribution in [2.45, 2.75) is 53.5 Å². The third kappa shape index (κ3) is 4.69. The van der Waals surface area contributed by atoms with Crippen molar-refractivity contribution in [2.75, 3.05) is 5.32 Å². The van der Waals surface area contributed by atoms with Gasteiger partial charge in [-0.2, -0.15) is 0 Å². The molecule has 1 unspecified atom stereocenters. The van der Waals surface area contributed by atoms with Crippen LogP contribution < -0.4 is 5.32 Å². The molecule has 5 heteroatoms. The Morgan fingerprint density at radius 1 is 0.674 bits per heavy atom. The zero-order chi connectivity index (χ0) is 30.4. The quantitative estimate of drug-likeness (QED) is 0.161. The van der Waals surface area contributed by atoms with Crippen LogP contribution in [-0.4, -0.2) is 26.0 Å². The summed E-state index contributed by atoms with van der Waals surface area (Å²) in [5.74, 6) is 1.84. The van der Waals surface area contributed by atoms with Crippen molar-refractivity contribution >= 4 is 60.1 Å². The number of anilines is 1. The van der Waals surface area contributed by atoms with Crippen LogP contribution >= 0.6 is 0 Å². The van der Waals surface area contributed by atoms with Gasteiger partial charge in [-0.05, 0) is 66.8 Å². The molecule has 0 saturated carbocycles. The van der Waals surface area contributed by atoms with Crippen molar-refractivity contribution in [3.63, 3.8) is 0 Å². The van der Waals surface area contributed by atoms with Gasteiger partial charge in [0.15, 0.2) is 0 Å². The molecule has 0 aliphatic rings. The van der Waals surface area contributed by atoms with Gasteiger partial charge < -0.3 is 10.3 Å².